The molecular formula is C25H26N2O5S. The minimum Gasteiger partial charge on any atom is -0.496 e. The molecule has 0 aliphatic carbocycles. The number of amides is 1. The highest BCUT2D eigenvalue weighted by Gasteiger charge is 2.37. The van der Waals surface area contributed by atoms with Crippen molar-refractivity contribution in [2.24, 2.45) is 0 Å². The van der Waals surface area contributed by atoms with Crippen molar-refractivity contribution in [1.82, 2.24) is 5.32 Å². The van der Waals surface area contributed by atoms with Crippen LogP contribution in [-0.2, 0) is 21.4 Å². The van der Waals surface area contributed by atoms with E-state index in [9.17, 15) is 13.2 Å². The van der Waals surface area contributed by atoms with E-state index in [2.05, 4.69) is 5.32 Å². The van der Waals surface area contributed by atoms with E-state index < -0.39 is 22.0 Å². The topological polar surface area (TPSA) is 84.9 Å². The Hall–Kier alpha value is -3.52. The molecular weight excluding hydrogens is 440 g/mol. The minimum atomic E-state index is -3.90. The monoisotopic (exact) mass is 466 g/mol. The SMILES string of the molecule is COc1ccccc1CNC(=O)[C@H]1CN(S(=O)(=O)c2ccc(C)cc2)c2ccc(C)cc2O1. The molecule has 0 spiro atoms. The van der Waals surface area contributed by atoms with Crippen molar-refractivity contribution in [3.63, 3.8) is 0 Å². The van der Waals surface area contributed by atoms with Gasteiger partial charge in [0, 0.05) is 12.1 Å². The zero-order chi connectivity index (χ0) is 23.6. The molecule has 7 nitrogen and oxygen atoms in total. The molecule has 172 valence electrons. The van der Waals surface area contributed by atoms with Gasteiger partial charge in [-0.25, -0.2) is 8.42 Å². The van der Waals surface area contributed by atoms with Gasteiger partial charge in [0.05, 0.1) is 24.2 Å². The number of para-hydroxylation sites is 1. The third-order valence-corrected chi connectivity index (χ3v) is 7.33. The molecule has 3 aromatic rings. The van der Waals surface area contributed by atoms with Crippen LogP contribution in [0.4, 0.5) is 5.69 Å². The number of methoxy groups -OCH3 is 1. The summed E-state index contributed by atoms with van der Waals surface area (Å²) >= 11 is 0. The Morgan fingerprint density at radius 1 is 1.06 bits per heavy atom. The molecule has 8 heteroatoms. The van der Waals surface area contributed by atoms with Crippen molar-refractivity contribution in [1.29, 1.82) is 0 Å². The lowest BCUT2D eigenvalue weighted by Gasteiger charge is -2.35. The van der Waals surface area contributed by atoms with Crippen molar-refractivity contribution >= 4 is 21.6 Å². The Labute approximate surface area is 194 Å². The number of hydrogen-bond acceptors (Lipinski definition) is 5. The number of benzene rings is 3. The number of anilines is 1. The normalized spacial score (nSPS) is 15.4. The van der Waals surface area contributed by atoms with Crippen molar-refractivity contribution in [2.75, 3.05) is 18.0 Å². The third-order valence-electron chi connectivity index (χ3n) is 5.53. The average molecular weight is 467 g/mol. The number of fused-ring (bicyclic) bond motifs is 1. The number of hydrogen-bond donors (Lipinski definition) is 1. The molecule has 1 heterocycles. The lowest BCUT2D eigenvalue weighted by molar-refractivity contribution is -0.127. The number of nitrogens with one attached hydrogen (secondary N) is 1. The summed E-state index contributed by atoms with van der Waals surface area (Å²) in [4.78, 5) is 13.2. The second-order valence-corrected chi connectivity index (χ2v) is 9.82. The summed E-state index contributed by atoms with van der Waals surface area (Å²) in [6.45, 7) is 3.87. The van der Waals surface area contributed by atoms with Gasteiger partial charge in [-0.1, -0.05) is 42.0 Å². The van der Waals surface area contributed by atoms with Gasteiger partial charge in [0.25, 0.3) is 15.9 Å². The number of sulfonamides is 1. The van der Waals surface area contributed by atoms with Gasteiger partial charge in [0.15, 0.2) is 6.10 Å². The Kier molecular flexibility index (Phi) is 6.29. The summed E-state index contributed by atoms with van der Waals surface area (Å²) in [5.41, 5.74) is 3.08. The van der Waals surface area contributed by atoms with Crippen LogP contribution in [0, 0.1) is 13.8 Å². The molecule has 0 saturated heterocycles. The van der Waals surface area contributed by atoms with E-state index in [0.717, 1.165) is 16.7 Å². The molecule has 0 fully saturated rings. The van der Waals surface area contributed by atoms with E-state index in [-0.39, 0.29) is 18.0 Å². The zero-order valence-electron chi connectivity index (χ0n) is 18.7. The van der Waals surface area contributed by atoms with Crippen molar-refractivity contribution in [2.45, 2.75) is 31.4 Å². The summed E-state index contributed by atoms with van der Waals surface area (Å²) in [6.07, 6.45) is -1.01. The van der Waals surface area contributed by atoms with Crippen molar-refractivity contribution < 1.29 is 22.7 Å². The Morgan fingerprint density at radius 3 is 2.48 bits per heavy atom. The largest absolute Gasteiger partial charge is 0.496 e. The highest BCUT2D eigenvalue weighted by molar-refractivity contribution is 7.92. The van der Waals surface area contributed by atoms with Crippen LogP contribution in [0.15, 0.2) is 71.6 Å². The molecule has 1 N–H and O–H groups in total. The van der Waals surface area contributed by atoms with Gasteiger partial charge >= 0.3 is 0 Å². The molecule has 0 radical (unpaired) electrons. The smallest absolute Gasteiger partial charge is 0.264 e. The molecule has 33 heavy (non-hydrogen) atoms. The van der Waals surface area contributed by atoms with E-state index in [1.54, 1.807) is 43.5 Å². The standard InChI is InChI=1S/C25H26N2O5S/c1-17-8-11-20(12-9-17)33(29,30)27-16-24(32-23-14-18(2)10-13-21(23)27)25(28)26-15-19-6-4-5-7-22(19)31-3/h4-14,24H,15-16H2,1-3H3,(H,26,28)/t24-/m1/s1. The first-order chi connectivity index (χ1) is 15.8. The zero-order valence-corrected chi connectivity index (χ0v) is 19.6. The first-order valence-electron chi connectivity index (χ1n) is 10.6. The fourth-order valence-electron chi connectivity index (χ4n) is 3.71. The summed E-state index contributed by atoms with van der Waals surface area (Å²) in [5.74, 6) is 0.610. The van der Waals surface area contributed by atoms with Crippen molar-refractivity contribution in [3.05, 3.63) is 83.4 Å². The van der Waals surface area contributed by atoms with Crippen LogP contribution >= 0.6 is 0 Å². The van der Waals surface area contributed by atoms with E-state index >= 15 is 0 Å². The highest BCUT2D eigenvalue weighted by atomic mass is 32.2. The maximum absolute atomic E-state index is 13.5. The van der Waals surface area contributed by atoms with E-state index in [1.165, 1.54) is 4.31 Å². The molecule has 3 aromatic carbocycles. The minimum absolute atomic E-state index is 0.135. The maximum atomic E-state index is 13.5. The van der Waals surface area contributed by atoms with Gasteiger partial charge < -0.3 is 14.8 Å². The van der Waals surface area contributed by atoms with Crippen LogP contribution in [0.1, 0.15) is 16.7 Å². The predicted molar refractivity (Wildman–Crippen MR) is 126 cm³/mol. The van der Waals surface area contributed by atoms with Gasteiger partial charge in [-0.3, -0.25) is 9.10 Å². The van der Waals surface area contributed by atoms with Crippen LogP contribution in [-0.4, -0.2) is 34.1 Å². The number of aryl methyl sites for hydroxylation is 2. The van der Waals surface area contributed by atoms with Crippen LogP contribution in [0.2, 0.25) is 0 Å². The first kappa shape index (κ1) is 22.7. The highest BCUT2D eigenvalue weighted by Crippen LogP contribution is 2.37. The third kappa shape index (κ3) is 4.66. The number of ether oxygens (including phenoxy) is 2. The number of nitrogens with zero attached hydrogens (tertiary/aromatic N) is 1. The van der Waals surface area contributed by atoms with Crippen LogP contribution < -0.4 is 19.1 Å². The molecule has 4 rings (SSSR count). The molecule has 1 aliphatic rings. The van der Waals surface area contributed by atoms with Crippen LogP contribution in [0.3, 0.4) is 0 Å². The van der Waals surface area contributed by atoms with Crippen molar-refractivity contribution in [3.8, 4) is 11.5 Å². The average Bonchev–Trinajstić information content (AvgIpc) is 2.82. The summed E-state index contributed by atoms with van der Waals surface area (Å²) in [6, 6.07) is 19.3. The fourth-order valence-corrected chi connectivity index (χ4v) is 5.18. The lowest BCUT2D eigenvalue weighted by Crippen LogP contribution is -2.50. The van der Waals surface area contributed by atoms with Crippen LogP contribution in [0.5, 0.6) is 11.5 Å². The second-order valence-electron chi connectivity index (χ2n) is 7.96. The number of carbonyl (C=O) groups is 1. The maximum Gasteiger partial charge on any atom is 0.264 e. The van der Waals surface area contributed by atoms with Gasteiger partial charge in [0.1, 0.15) is 11.5 Å². The second kappa shape index (κ2) is 9.15. The molecule has 0 unspecified atom stereocenters. The van der Waals surface area contributed by atoms with E-state index in [0.29, 0.717) is 17.2 Å². The Morgan fingerprint density at radius 2 is 1.76 bits per heavy atom. The Bertz CT molecular complexity index is 1270. The molecule has 0 bridgehead atoms. The quantitative estimate of drug-likeness (QED) is 0.600. The molecule has 1 amide bonds. The lowest BCUT2D eigenvalue weighted by atomic mass is 10.1. The molecule has 0 saturated carbocycles. The molecule has 1 aliphatic heterocycles. The van der Waals surface area contributed by atoms with Crippen LogP contribution in [0.25, 0.3) is 0 Å². The van der Waals surface area contributed by atoms with Gasteiger partial charge in [-0.15, -0.1) is 0 Å². The van der Waals surface area contributed by atoms with Gasteiger partial charge in [-0.05, 0) is 49.7 Å². The predicted octanol–water partition coefficient (Wildman–Crippen LogP) is 3.58. The Balaban J connectivity index is 1.62. The summed E-state index contributed by atoms with van der Waals surface area (Å²) in [7, 11) is -2.33. The van der Waals surface area contributed by atoms with Gasteiger partial charge in [0.2, 0.25) is 0 Å². The molecule has 1 atom stereocenters. The van der Waals surface area contributed by atoms with E-state index in [4.69, 9.17) is 9.47 Å². The number of rotatable bonds is 6. The summed E-state index contributed by atoms with van der Waals surface area (Å²) < 4.78 is 39.5. The van der Waals surface area contributed by atoms with E-state index in [1.807, 2.05) is 44.2 Å². The number of carbonyl (C=O) groups excluding carboxylic acids is 1. The molecule has 0 aromatic heterocycles. The summed E-state index contributed by atoms with van der Waals surface area (Å²) in [5, 5.41) is 2.84. The fraction of sp³-hybridized carbons (Fsp3) is 0.240. The first-order valence-corrected chi connectivity index (χ1v) is 12.0. The van der Waals surface area contributed by atoms with Gasteiger partial charge in [-0.2, -0.15) is 0 Å².